The highest BCUT2D eigenvalue weighted by atomic mass is 32.2. The van der Waals surface area contributed by atoms with Gasteiger partial charge in [0.2, 0.25) is 5.91 Å². The predicted octanol–water partition coefficient (Wildman–Crippen LogP) is 5.66. The molecule has 31 heavy (non-hydrogen) atoms. The van der Waals surface area contributed by atoms with E-state index in [1.807, 2.05) is 26.0 Å². The maximum Gasteiger partial charge on any atom is 0.266 e. The first-order valence-electron chi connectivity index (χ1n) is 11.2. The van der Waals surface area contributed by atoms with E-state index in [1.165, 1.54) is 9.88 Å². The van der Waals surface area contributed by atoms with E-state index in [4.69, 9.17) is 0 Å². The summed E-state index contributed by atoms with van der Waals surface area (Å²) in [6, 6.07) is 6.77. The minimum absolute atomic E-state index is 0.0832. The van der Waals surface area contributed by atoms with Gasteiger partial charge in [-0.1, -0.05) is 61.9 Å². The van der Waals surface area contributed by atoms with Crippen LogP contribution in [0.3, 0.4) is 0 Å². The molecule has 1 aromatic rings. The summed E-state index contributed by atoms with van der Waals surface area (Å²) in [6.45, 7) is 14.3. The number of carbonyl (C=O) groups is 1. The van der Waals surface area contributed by atoms with Crippen LogP contribution in [0.2, 0.25) is 0 Å². The molecule has 0 bridgehead atoms. The quantitative estimate of drug-likeness (QED) is 0.566. The van der Waals surface area contributed by atoms with E-state index in [2.05, 4.69) is 33.4 Å². The lowest BCUT2D eigenvalue weighted by Gasteiger charge is -2.44. The molecule has 0 radical (unpaired) electrons. The van der Waals surface area contributed by atoms with Gasteiger partial charge in [-0.2, -0.15) is 0 Å². The average Bonchev–Trinajstić information content (AvgIpc) is 2.82. The van der Waals surface area contributed by atoms with Crippen LogP contribution in [0.1, 0.15) is 52.5 Å². The first-order valence-corrected chi connectivity index (χ1v) is 12.6. The molecule has 5 heteroatoms. The van der Waals surface area contributed by atoms with Gasteiger partial charge in [0.15, 0.2) is 0 Å². The number of carbonyl (C=O) groups excluding carboxylic acids is 1. The number of allylic oxidation sites excluding steroid dienone is 5. The molecule has 168 valence electrons. The Kier molecular flexibility index (Phi) is 6.66. The number of amides is 1. The van der Waals surface area contributed by atoms with E-state index in [-0.39, 0.29) is 35.1 Å². The Bertz CT molecular complexity index is 1020. The van der Waals surface area contributed by atoms with Gasteiger partial charge < -0.3 is 0 Å². The molecule has 1 aliphatic heterocycles. The summed E-state index contributed by atoms with van der Waals surface area (Å²) in [5.74, 6) is -0.0713. The zero-order chi connectivity index (χ0) is 23.0. The number of aryl methyl sites for hydroxylation is 1. The van der Waals surface area contributed by atoms with E-state index in [0.29, 0.717) is 12.8 Å². The normalized spacial score (nSPS) is 30.2. The molecule has 1 fully saturated rings. The van der Waals surface area contributed by atoms with Crippen molar-refractivity contribution in [3.8, 4) is 0 Å². The molecular formula is C26H35NO3S. The van der Waals surface area contributed by atoms with Crippen molar-refractivity contribution in [2.24, 2.45) is 23.2 Å². The Morgan fingerprint density at radius 1 is 1.13 bits per heavy atom. The first-order chi connectivity index (χ1) is 14.6. The average molecular weight is 442 g/mol. The topological polar surface area (TPSA) is 54.5 Å². The molecule has 1 aliphatic carbocycles. The van der Waals surface area contributed by atoms with Crippen LogP contribution in [0.25, 0.3) is 0 Å². The molecular weight excluding hydrogens is 406 g/mol. The van der Waals surface area contributed by atoms with Crippen LogP contribution in [0.4, 0.5) is 0 Å². The Morgan fingerprint density at radius 2 is 1.77 bits per heavy atom. The monoisotopic (exact) mass is 441 g/mol. The van der Waals surface area contributed by atoms with E-state index in [1.54, 1.807) is 24.3 Å². The highest BCUT2D eigenvalue weighted by Crippen LogP contribution is 2.53. The van der Waals surface area contributed by atoms with Gasteiger partial charge in [-0.05, 0) is 69.6 Å². The van der Waals surface area contributed by atoms with Gasteiger partial charge in [0.05, 0.1) is 10.3 Å². The van der Waals surface area contributed by atoms with Crippen molar-refractivity contribution < 1.29 is 13.2 Å². The van der Waals surface area contributed by atoms with Crippen molar-refractivity contribution in [1.29, 1.82) is 0 Å². The van der Waals surface area contributed by atoms with Gasteiger partial charge in [0.25, 0.3) is 10.0 Å². The SMILES string of the molecule is C=CC1=C(C)[C@H](/C=C\C)[C@@]2(CC1)C[C@H](C)[C@@H](C)CN(S(=O)(=O)c1ccc(C)cc1)C2=O. The molecule has 4 atom stereocenters. The fraction of sp³-hybridized carbons (Fsp3) is 0.500. The van der Waals surface area contributed by atoms with Crippen molar-refractivity contribution in [3.05, 3.63) is 65.8 Å². The Balaban J connectivity index is 2.18. The van der Waals surface area contributed by atoms with Crippen LogP contribution in [0.15, 0.2) is 65.1 Å². The largest absolute Gasteiger partial charge is 0.273 e. The third-order valence-electron chi connectivity index (χ3n) is 7.41. The Hall–Kier alpha value is -2.14. The maximum absolute atomic E-state index is 14.2. The number of hydrogen-bond donors (Lipinski definition) is 0. The number of nitrogens with zero attached hydrogens (tertiary/aromatic N) is 1. The van der Waals surface area contributed by atoms with Crippen LogP contribution < -0.4 is 0 Å². The van der Waals surface area contributed by atoms with Crippen LogP contribution in [-0.2, 0) is 14.8 Å². The molecule has 0 aromatic heterocycles. The Labute approximate surface area is 187 Å². The molecule has 0 unspecified atom stereocenters. The number of benzene rings is 1. The number of rotatable bonds is 4. The van der Waals surface area contributed by atoms with E-state index >= 15 is 0 Å². The summed E-state index contributed by atoms with van der Waals surface area (Å²) < 4.78 is 28.5. The summed E-state index contributed by atoms with van der Waals surface area (Å²) in [5.41, 5.74) is 2.52. The summed E-state index contributed by atoms with van der Waals surface area (Å²) in [5, 5.41) is 0. The molecule has 1 heterocycles. The second kappa shape index (κ2) is 8.78. The van der Waals surface area contributed by atoms with Gasteiger partial charge in [-0.3, -0.25) is 4.79 Å². The molecule has 1 amide bonds. The lowest BCUT2D eigenvalue weighted by atomic mass is 9.60. The third kappa shape index (κ3) is 4.05. The van der Waals surface area contributed by atoms with Gasteiger partial charge in [0, 0.05) is 12.5 Å². The van der Waals surface area contributed by atoms with Crippen LogP contribution in [-0.4, -0.2) is 25.2 Å². The first kappa shape index (κ1) is 23.5. The fourth-order valence-corrected chi connectivity index (χ4v) is 6.82. The molecule has 1 aromatic carbocycles. The van der Waals surface area contributed by atoms with Gasteiger partial charge in [0.1, 0.15) is 0 Å². The minimum Gasteiger partial charge on any atom is -0.273 e. The standard InChI is InChI=1S/C26H35NO3S/c1-7-9-24-21(6)22(8-2)14-15-26(24)16-19(4)20(5)17-27(25(26)28)31(29,30)23-12-10-18(3)11-13-23/h7-13,19-20,24H,2,14-17H2,1,3-6H3/b9-7-/t19-,20-,24-,26+/m0/s1. The number of sulfonamides is 1. The fourth-order valence-electron chi connectivity index (χ4n) is 5.26. The molecule has 3 rings (SSSR count). The highest BCUT2D eigenvalue weighted by Gasteiger charge is 2.54. The molecule has 4 nitrogen and oxygen atoms in total. The van der Waals surface area contributed by atoms with Crippen molar-refractivity contribution in [3.63, 3.8) is 0 Å². The van der Waals surface area contributed by atoms with Crippen LogP contribution >= 0.6 is 0 Å². The van der Waals surface area contributed by atoms with E-state index in [0.717, 1.165) is 17.6 Å². The highest BCUT2D eigenvalue weighted by molar-refractivity contribution is 7.89. The second-order valence-electron chi connectivity index (χ2n) is 9.39. The van der Waals surface area contributed by atoms with Crippen molar-refractivity contribution in [2.45, 2.75) is 58.8 Å². The molecule has 0 saturated carbocycles. The smallest absolute Gasteiger partial charge is 0.266 e. The van der Waals surface area contributed by atoms with Gasteiger partial charge in [-0.15, -0.1) is 0 Å². The van der Waals surface area contributed by atoms with E-state index < -0.39 is 15.4 Å². The Morgan fingerprint density at radius 3 is 2.35 bits per heavy atom. The van der Waals surface area contributed by atoms with Crippen LogP contribution in [0.5, 0.6) is 0 Å². The maximum atomic E-state index is 14.2. The molecule has 2 aliphatic rings. The van der Waals surface area contributed by atoms with E-state index in [9.17, 15) is 13.2 Å². The minimum atomic E-state index is -3.93. The summed E-state index contributed by atoms with van der Waals surface area (Å²) in [6.07, 6.45) is 8.00. The third-order valence-corrected chi connectivity index (χ3v) is 9.18. The second-order valence-corrected chi connectivity index (χ2v) is 11.2. The summed E-state index contributed by atoms with van der Waals surface area (Å²) >= 11 is 0. The summed E-state index contributed by atoms with van der Waals surface area (Å²) in [7, 11) is -3.93. The van der Waals surface area contributed by atoms with Crippen LogP contribution in [0, 0.1) is 30.1 Å². The lowest BCUT2D eigenvalue weighted by molar-refractivity contribution is -0.139. The molecule has 1 saturated heterocycles. The van der Waals surface area contributed by atoms with Crippen molar-refractivity contribution >= 4 is 15.9 Å². The predicted molar refractivity (Wildman–Crippen MR) is 126 cm³/mol. The molecule has 1 spiro atoms. The van der Waals surface area contributed by atoms with Gasteiger partial charge >= 0.3 is 0 Å². The lowest BCUT2D eigenvalue weighted by Crippen LogP contribution is -2.50. The van der Waals surface area contributed by atoms with Crippen molar-refractivity contribution in [2.75, 3.05) is 6.54 Å². The van der Waals surface area contributed by atoms with Crippen molar-refractivity contribution in [1.82, 2.24) is 4.31 Å². The summed E-state index contributed by atoms with van der Waals surface area (Å²) in [4.78, 5) is 14.4. The van der Waals surface area contributed by atoms with Gasteiger partial charge in [-0.25, -0.2) is 12.7 Å². The molecule has 0 N–H and O–H groups in total. The zero-order valence-electron chi connectivity index (χ0n) is 19.4. The zero-order valence-corrected chi connectivity index (χ0v) is 20.2. The number of hydrogen-bond acceptors (Lipinski definition) is 3.